The Labute approximate surface area is 89.7 Å². The van der Waals surface area contributed by atoms with Gasteiger partial charge in [-0.25, -0.2) is 9.78 Å². The monoisotopic (exact) mass is 221 g/mol. The van der Waals surface area contributed by atoms with Crippen LogP contribution in [0.15, 0.2) is 9.59 Å². The lowest BCUT2D eigenvalue weighted by Crippen LogP contribution is -2.21. The zero-order valence-electron chi connectivity index (χ0n) is 8.87. The molecule has 2 heterocycles. The third-order valence-corrected chi connectivity index (χ3v) is 2.21. The summed E-state index contributed by atoms with van der Waals surface area (Å²) in [4.78, 5) is 35.1. The molecule has 2 rings (SSSR count). The van der Waals surface area contributed by atoms with Crippen LogP contribution in [-0.4, -0.2) is 19.9 Å². The van der Waals surface area contributed by atoms with Crippen LogP contribution >= 0.6 is 0 Å². The quantitative estimate of drug-likeness (QED) is 0.611. The lowest BCUT2D eigenvalue weighted by Gasteiger charge is -2.07. The number of H-pyrrole nitrogens is 2. The molecule has 0 fully saturated rings. The second-order valence-electron chi connectivity index (χ2n) is 3.76. The number of aromatic amines is 2. The average molecular weight is 221 g/mol. The standard InChI is InChI=1S/C9H11N5O2/c1-3(2)4-5-7(14-9(16)12-4)13-8(15)6(10)11-5/h3H,1-2H3,(H2,10,11)(H2,12,13,14,15,16). The highest BCUT2D eigenvalue weighted by Gasteiger charge is 2.11. The molecular weight excluding hydrogens is 210 g/mol. The Balaban J connectivity index is 2.96. The molecule has 4 N–H and O–H groups in total. The number of hydrogen-bond donors (Lipinski definition) is 3. The number of nitrogen functional groups attached to an aromatic ring is 1. The molecule has 0 atom stereocenters. The zero-order valence-corrected chi connectivity index (χ0v) is 8.87. The first-order valence-corrected chi connectivity index (χ1v) is 4.78. The van der Waals surface area contributed by atoms with Gasteiger partial charge in [-0.05, 0) is 5.92 Å². The second kappa shape index (κ2) is 3.44. The van der Waals surface area contributed by atoms with Gasteiger partial charge in [0.2, 0.25) is 0 Å². The molecule has 0 amide bonds. The zero-order chi connectivity index (χ0) is 11.9. The van der Waals surface area contributed by atoms with Gasteiger partial charge < -0.3 is 15.7 Å². The van der Waals surface area contributed by atoms with E-state index in [0.29, 0.717) is 11.2 Å². The third kappa shape index (κ3) is 1.56. The van der Waals surface area contributed by atoms with Gasteiger partial charge in [0.25, 0.3) is 5.56 Å². The molecule has 7 heteroatoms. The van der Waals surface area contributed by atoms with Crippen molar-refractivity contribution in [2.75, 3.05) is 5.73 Å². The van der Waals surface area contributed by atoms with Crippen molar-refractivity contribution >= 4 is 17.0 Å². The normalized spacial score (nSPS) is 11.2. The summed E-state index contributed by atoms with van der Waals surface area (Å²) in [5.41, 5.74) is 5.55. The van der Waals surface area contributed by atoms with E-state index in [1.165, 1.54) is 0 Å². The van der Waals surface area contributed by atoms with Crippen molar-refractivity contribution in [3.05, 3.63) is 26.5 Å². The summed E-state index contributed by atoms with van der Waals surface area (Å²) in [7, 11) is 0. The van der Waals surface area contributed by atoms with Crippen LogP contribution < -0.4 is 17.0 Å². The van der Waals surface area contributed by atoms with Crippen LogP contribution in [0.2, 0.25) is 0 Å². The Hall–Kier alpha value is -2.18. The largest absolute Gasteiger partial charge is 0.379 e. The van der Waals surface area contributed by atoms with Gasteiger partial charge in [0.05, 0.1) is 5.69 Å². The highest BCUT2D eigenvalue weighted by molar-refractivity contribution is 5.73. The number of hydrogen-bond acceptors (Lipinski definition) is 5. The van der Waals surface area contributed by atoms with E-state index in [-0.39, 0.29) is 17.4 Å². The first kappa shape index (κ1) is 10.3. The number of rotatable bonds is 1. The summed E-state index contributed by atoms with van der Waals surface area (Å²) in [5, 5.41) is 0. The fourth-order valence-electron chi connectivity index (χ4n) is 1.45. The minimum Gasteiger partial charge on any atom is -0.379 e. The maximum absolute atomic E-state index is 11.3. The van der Waals surface area contributed by atoms with Crippen molar-refractivity contribution in [3.8, 4) is 0 Å². The second-order valence-corrected chi connectivity index (χ2v) is 3.76. The number of aromatic nitrogens is 4. The Morgan fingerprint density at radius 2 is 1.88 bits per heavy atom. The molecule has 0 saturated carbocycles. The first-order valence-electron chi connectivity index (χ1n) is 4.78. The van der Waals surface area contributed by atoms with Gasteiger partial charge in [0.15, 0.2) is 11.5 Å². The molecule has 16 heavy (non-hydrogen) atoms. The lowest BCUT2D eigenvalue weighted by molar-refractivity contribution is 0.811. The van der Waals surface area contributed by atoms with E-state index in [4.69, 9.17) is 5.73 Å². The third-order valence-electron chi connectivity index (χ3n) is 2.21. The van der Waals surface area contributed by atoms with Crippen molar-refractivity contribution in [2.45, 2.75) is 19.8 Å². The van der Waals surface area contributed by atoms with Gasteiger partial charge in [-0.15, -0.1) is 0 Å². The average Bonchev–Trinajstić information content (AvgIpc) is 2.19. The van der Waals surface area contributed by atoms with Gasteiger partial charge in [-0.1, -0.05) is 13.8 Å². The van der Waals surface area contributed by atoms with Gasteiger partial charge in [-0.2, -0.15) is 4.98 Å². The van der Waals surface area contributed by atoms with Crippen molar-refractivity contribution < 1.29 is 0 Å². The molecule has 0 aromatic carbocycles. The molecule has 0 aliphatic carbocycles. The Kier molecular flexibility index (Phi) is 2.22. The molecule has 0 spiro atoms. The van der Waals surface area contributed by atoms with Gasteiger partial charge in [0.1, 0.15) is 5.52 Å². The van der Waals surface area contributed by atoms with Crippen molar-refractivity contribution in [1.82, 2.24) is 19.9 Å². The molecule has 0 saturated heterocycles. The minimum absolute atomic E-state index is 0.0519. The predicted molar refractivity (Wildman–Crippen MR) is 59.3 cm³/mol. The lowest BCUT2D eigenvalue weighted by atomic mass is 10.1. The van der Waals surface area contributed by atoms with Gasteiger partial charge in [0, 0.05) is 0 Å². The van der Waals surface area contributed by atoms with Crippen molar-refractivity contribution in [3.63, 3.8) is 0 Å². The molecule has 84 valence electrons. The fourth-order valence-corrected chi connectivity index (χ4v) is 1.45. The van der Waals surface area contributed by atoms with Crippen molar-refractivity contribution in [1.29, 1.82) is 0 Å². The van der Waals surface area contributed by atoms with E-state index >= 15 is 0 Å². The summed E-state index contributed by atoms with van der Waals surface area (Å²) in [5.74, 6) is -0.0840. The van der Waals surface area contributed by atoms with Crippen LogP contribution in [-0.2, 0) is 0 Å². The number of nitrogens with two attached hydrogens (primary N) is 1. The van der Waals surface area contributed by atoms with E-state index in [1.54, 1.807) is 0 Å². The van der Waals surface area contributed by atoms with E-state index in [9.17, 15) is 9.59 Å². The maximum atomic E-state index is 11.3. The van der Waals surface area contributed by atoms with Crippen LogP contribution in [0.3, 0.4) is 0 Å². The summed E-state index contributed by atoms with van der Waals surface area (Å²) in [6.07, 6.45) is 0. The smallest absolute Gasteiger partial charge is 0.347 e. The Morgan fingerprint density at radius 3 is 2.50 bits per heavy atom. The highest BCUT2D eigenvalue weighted by atomic mass is 16.1. The van der Waals surface area contributed by atoms with E-state index in [1.807, 2.05) is 13.8 Å². The molecule has 0 aliphatic rings. The number of nitrogens with one attached hydrogen (secondary N) is 2. The number of nitrogens with zero attached hydrogens (tertiary/aromatic N) is 2. The van der Waals surface area contributed by atoms with Crippen LogP contribution in [0.1, 0.15) is 25.5 Å². The summed E-state index contributed by atoms with van der Waals surface area (Å²) < 4.78 is 0. The minimum atomic E-state index is -0.541. The first-order chi connectivity index (χ1) is 7.49. The number of fused-ring (bicyclic) bond motifs is 1. The molecular formula is C9H11N5O2. The van der Waals surface area contributed by atoms with Crippen LogP contribution in [0.5, 0.6) is 0 Å². The molecule has 0 bridgehead atoms. The molecule has 2 aromatic rings. The van der Waals surface area contributed by atoms with Crippen LogP contribution in [0.25, 0.3) is 11.2 Å². The predicted octanol–water partition coefficient (Wildman–Crippen LogP) is -0.288. The summed E-state index contributed by atoms with van der Waals surface area (Å²) in [6.45, 7) is 3.79. The van der Waals surface area contributed by atoms with E-state index in [0.717, 1.165) is 0 Å². The van der Waals surface area contributed by atoms with E-state index < -0.39 is 11.2 Å². The molecule has 0 unspecified atom stereocenters. The summed E-state index contributed by atoms with van der Waals surface area (Å²) >= 11 is 0. The van der Waals surface area contributed by atoms with Gasteiger partial charge >= 0.3 is 5.69 Å². The topological polar surface area (TPSA) is 118 Å². The molecule has 7 nitrogen and oxygen atoms in total. The summed E-state index contributed by atoms with van der Waals surface area (Å²) in [6, 6.07) is 0. The Morgan fingerprint density at radius 1 is 1.19 bits per heavy atom. The highest BCUT2D eigenvalue weighted by Crippen LogP contribution is 2.16. The number of anilines is 1. The molecule has 0 radical (unpaired) electrons. The van der Waals surface area contributed by atoms with Gasteiger partial charge in [-0.3, -0.25) is 4.79 Å². The molecule has 0 aliphatic heterocycles. The molecule has 2 aromatic heterocycles. The SMILES string of the molecule is CC(C)c1[nH]c(=O)nc2[nH]c(=O)c(N)nc12. The Bertz CT molecular complexity index is 655. The van der Waals surface area contributed by atoms with E-state index in [2.05, 4.69) is 19.9 Å². The van der Waals surface area contributed by atoms with Crippen LogP contribution in [0.4, 0.5) is 5.82 Å². The fraction of sp³-hybridized carbons (Fsp3) is 0.333. The maximum Gasteiger partial charge on any atom is 0.347 e. The van der Waals surface area contributed by atoms with Crippen molar-refractivity contribution in [2.24, 2.45) is 0 Å². The van der Waals surface area contributed by atoms with Crippen LogP contribution in [0, 0.1) is 0 Å².